The average Bonchev–Trinajstić information content (AvgIpc) is 3.21. The van der Waals surface area contributed by atoms with E-state index in [9.17, 15) is 9.59 Å². The van der Waals surface area contributed by atoms with E-state index in [0.717, 1.165) is 58.0 Å². The first kappa shape index (κ1) is 23.0. The van der Waals surface area contributed by atoms with E-state index in [1.165, 1.54) is 6.92 Å². The second-order valence-electron chi connectivity index (χ2n) is 11.8. The van der Waals surface area contributed by atoms with Gasteiger partial charge in [-0.15, -0.1) is 0 Å². The molecule has 1 heterocycles. The number of ether oxygens (including phenoxy) is 3. The van der Waals surface area contributed by atoms with Crippen LogP contribution in [-0.4, -0.2) is 41.2 Å². The Morgan fingerprint density at radius 2 is 1.82 bits per heavy atom. The third-order valence-corrected chi connectivity index (χ3v) is 12.1. The molecule has 0 radical (unpaired) electrons. The zero-order valence-corrected chi connectivity index (χ0v) is 21.7. The Morgan fingerprint density at radius 1 is 1.03 bits per heavy atom. The van der Waals surface area contributed by atoms with Crippen molar-refractivity contribution in [3.63, 3.8) is 0 Å². The first-order chi connectivity index (χ1) is 16.3. The summed E-state index contributed by atoms with van der Waals surface area (Å²) in [6.45, 7) is 4.70. The zero-order valence-electron chi connectivity index (χ0n) is 20.1. The van der Waals surface area contributed by atoms with E-state index in [-0.39, 0.29) is 45.4 Å². The van der Waals surface area contributed by atoms with E-state index in [1.807, 2.05) is 30.3 Å². The van der Waals surface area contributed by atoms with Gasteiger partial charge >= 0.3 is 11.9 Å². The molecule has 5 fully saturated rings. The van der Waals surface area contributed by atoms with E-state index in [2.05, 4.69) is 22.9 Å². The van der Waals surface area contributed by atoms with Gasteiger partial charge in [-0.25, -0.2) is 4.79 Å². The lowest BCUT2D eigenvalue weighted by molar-refractivity contribution is -0.154. The van der Waals surface area contributed by atoms with Crippen molar-refractivity contribution in [1.29, 1.82) is 0 Å². The maximum absolute atomic E-state index is 12.9. The quantitative estimate of drug-likeness (QED) is 0.370. The number of carbonyl (C=O) groups excluding carboxylic acids is 2. The van der Waals surface area contributed by atoms with Crippen LogP contribution in [0.15, 0.2) is 30.3 Å². The summed E-state index contributed by atoms with van der Waals surface area (Å²) in [4.78, 5) is 24.5. The van der Waals surface area contributed by atoms with Crippen molar-refractivity contribution < 1.29 is 23.8 Å². The molecule has 1 aliphatic heterocycles. The summed E-state index contributed by atoms with van der Waals surface area (Å²) in [6.07, 6.45) is 8.30. The Morgan fingerprint density at radius 3 is 2.59 bits per heavy atom. The lowest BCUT2D eigenvalue weighted by atomic mass is 9.45. The van der Waals surface area contributed by atoms with E-state index in [1.54, 1.807) is 0 Å². The Balaban J connectivity index is 1.23. The molecule has 1 saturated heterocycles. The smallest absolute Gasteiger partial charge is 0.338 e. The predicted molar refractivity (Wildman–Crippen MR) is 131 cm³/mol. The van der Waals surface area contributed by atoms with E-state index in [0.29, 0.717) is 23.3 Å². The van der Waals surface area contributed by atoms with Crippen LogP contribution < -0.4 is 0 Å². The van der Waals surface area contributed by atoms with Gasteiger partial charge in [0.05, 0.1) is 22.6 Å². The molecular formula is C28H35BrO5. The molecule has 4 aliphatic carbocycles. The summed E-state index contributed by atoms with van der Waals surface area (Å²) < 4.78 is 18.2. The van der Waals surface area contributed by atoms with Crippen LogP contribution in [0.25, 0.3) is 0 Å². The third kappa shape index (κ3) is 3.20. The van der Waals surface area contributed by atoms with Gasteiger partial charge in [-0.05, 0) is 74.8 Å². The Bertz CT molecular complexity index is 982. The Labute approximate surface area is 210 Å². The van der Waals surface area contributed by atoms with Crippen molar-refractivity contribution >= 4 is 27.9 Å². The van der Waals surface area contributed by atoms with E-state index in [4.69, 9.17) is 14.2 Å². The summed E-state index contributed by atoms with van der Waals surface area (Å²) in [5.41, 5.74) is 0.778. The molecule has 0 N–H and O–H groups in total. The van der Waals surface area contributed by atoms with Crippen LogP contribution in [0.2, 0.25) is 0 Å². The maximum atomic E-state index is 12.9. The van der Waals surface area contributed by atoms with Crippen molar-refractivity contribution in [2.45, 2.75) is 87.9 Å². The van der Waals surface area contributed by atoms with Crippen LogP contribution in [0.5, 0.6) is 0 Å². The molecule has 6 rings (SSSR count). The second kappa shape index (κ2) is 8.06. The van der Waals surface area contributed by atoms with Gasteiger partial charge in [0, 0.05) is 24.2 Å². The number of esters is 2. The minimum Gasteiger partial charge on any atom is -0.463 e. The van der Waals surface area contributed by atoms with Crippen molar-refractivity contribution in [3.8, 4) is 0 Å². The van der Waals surface area contributed by atoms with Crippen LogP contribution >= 0.6 is 15.9 Å². The molecule has 0 aromatic heterocycles. The summed E-state index contributed by atoms with van der Waals surface area (Å²) in [6, 6.07) is 9.38. The Kier molecular flexibility index (Phi) is 5.46. The SMILES string of the molecule is CC(=O)O[C@H]1CC[C@]23CO[C@@H](C[C@H]4[C@@H]5CC[C@@H](OC(=O)c6ccccc6)[C@@]5(C)CC[C@@H]42)[C@@]3(Br)C1. The third-order valence-electron chi connectivity index (χ3n) is 10.5. The number of halogens is 1. The van der Waals surface area contributed by atoms with Crippen LogP contribution in [0.4, 0.5) is 0 Å². The first-order valence-electron chi connectivity index (χ1n) is 13.0. The van der Waals surface area contributed by atoms with Gasteiger partial charge in [0.2, 0.25) is 0 Å². The molecule has 2 bridgehead atoms. The molecule has 5 nitrogen and oxygen atoms in total. The number of fused-ring (bicyclic) bond motifs is 3. The number of benzene rings is 1. The zero-order chi connectivity index (χ0) is 23.7. The van der Waals surface area contributed by atoms with E-state index >= 15 is 0 Å². The monoisotopic (exact) mass is 530 g/mol. The highest BCUT2D eigenvalue weighted by Crippen LogP contribution is 2.72. The predicted octanol–water partition coefficient (Wildman–Crippen LogP) is 5.69. The number of carbonyl (C=O) groups is 2. The average molecular weight is 531 g/mol. The van der Waals surface area contributed by atoms with Gasteiger partial charge in [0.15, 0.2) is 0 Å². The number of rotatable bonds is 3. The molecule has 4 saturated carbocycles. The van der Waals surface area contributed by atoms with Crippen molar-refractivity contribution in [1.82, 2.24) is 0 Å². The highest BCUT2D eigenvalue weighted by Gasteiger charge is 2.72. The minimum atomic E-state index is -0.191. The van der Waals surface area contributed by atoms with E-state index < -0.39 is 0 Å². The fourth-order valence-corrected chi connectivity index (χ4v) is 10.2. The molecule has 0 spiro atoms. The number of hydrogen-bond donors (Lipinski definition) is 0. The Hall–Kier alpha value is -1.40. The number of hydrogen-bond acceptors (Lipinski definition) is 5. The van der Waals surface area contributed by atoms with Gasteiger partial charge in [-0.3, -0.25) is 4.79 Å². The van der Waals surface area contributed by atoms with Gasteiger partial charge in [0.1, 0.15) is 12.2 Å². The lowest BCUT2D eigenvalue weighted by Gasteiger charge is -2.62. The van der Waals surface area contributed by atoms with Crippen LogP contribution in [0.1, 0.15) is 75.6 Å². The van der Waals surface area contributed by atoms with Gasteiger partial charge in [-0.2, -0.15) is 0 Å². The minimum absolute atomic E-state index is 0.0161. The summed E-state index contributed by atoms with van der Waals surface area (Å²) >= 11 is 4.22. The molecule has 0 unspecified atom stereocenters. The van der Waals surface area contributed by atoms with Gasteiger partial charge in [0.25, 0.3) is 0 Å². The van der Waals surface area contributed by atoms with Crippen LogP contribution in [0, 0.1) is 28.6 Å². The largest absolute Gasteiger partial charge is 0.463 e. The van der Waals surface area contributed by atoms with Crippen molar-refractivity contribution in [3.05, 3.63) is 35.9 Å². The highest BCUT2D eigenvalue weighted by atomic mass is 79.9. The molecule has 184 valence electrons. The standard InChI is InChI=1S/C28H35BrO5/c1-17(30)33-19-10-13-27-16-32-24(28(27,29)15-19)14-20-21-8-9-23(26(21,2)12-11-22(20)27)34-25(31)18-6-4-3-5-7-18/h3-7,19-24H,8-16H2,1-2H3/t19-,20-,21-,22-,23+,24-,26-,27-,28-/m0/s1. The van der Waals surface area contributed by atoms with Crippen LogP contribution in [-0.2, 0) is 19.0 Å². The lowest BCUT2D eigenvalue weighted by Crippen LogP contribution is -2.64. The fourth-order valence-electron chi connectivity index (χ4n) is 8.95. The summed E-state index contributed by atoms with van der Waals surface area (Å²) in [7, 11) is 0. The molecular weight excluding hydrogens is 496 g/mol. The fraction of sp³-hybridized carbons (Fsp3) is 0.714. The molecule has 9 atom stereocenters. The molecule has 34 heavy (non-hydrogen) atoms. The summed E-state index contributed by atoms with van der Waals surface area (Å²) in [5, 5.41) is 0. The van der Waals surface area contributed by atoms with Gasteiger partial charge in [-0.1, -0.05) is 41.1 Å². The molecule has 1 aromatic carbocycles. The van der Waals surface area contributed by atoms with Crippen molar-refractivity contribution in [2.75, 3.05) is 6.61 Å². The topological polar surface area (TPSA) is 61.8 Å². The van der Waals surface area contributed by atoms with Gasteiger partial charge < -0.3 is 14.2 Å². The molecule has 1 aromatic rings. The molecule has 5 aliphatic rings. The maximum Gasteiger partial charge on any atom is 0.338 e. The summed E-state index contributed by atoms with van der Waals surface area (Å²) in [5.74, 6) is 1.38. The van der Waals surface area contributed by atoms with Crippen molar-refractivity contribution in [2.24, 2.45) is 28.6 Å². The highest BCUT2D eigenvalue weighted by molar-refractivity contribution is 9.10. The normalized spacial score (nSPS) is 46.7. The molecule has 0 amide bonds. The number of alkyl halides is 1. The second-order valence-corrected chi connectivity index (χ2v) is 13.2. The molecule has 6 heteroatoms. The first-order valence-corrected chi connectivity index (χ1v) is 13.8. The van der Waals surface area contributed by atoms with Crippen LogP contribution in [0.3, 0.4) is 0 Å².